The Hall–Kier alpha value is -2.89. The van der Waals surface area contributed by atoms with Crippen LogP contribution < -0.4 is 5.32 Å². The van der Waals surface area contributed by atoms with Crippen LogP contribution >= 0.6 is 11.3 Å². The monoisotopic (exact) mass is 420 g/mol. The summed E-state index contributed by atoms with van der Waals surface area (Å²) in [5, 5.41) is 5.81. The lowest BCUT2D eigenvalue weighted by molar-refractivity contribution is -0.143. The van der Waals surface area contributed by atoms with Crippen molar-refractivity contribution in [2.45, 2.75) is 19.3 Å². The van der Waals surface area contributed by atoms with E-state index in [2.05, 4.69) is 15.4 Å². The molecule has 0 aliphatic carbocycles. The molecule has 12 heteroatoms. The first-order valence-corrected chi connectivity index (χ1v) is 8.35. The van der Waals surface area contributed by atoms with Gasteiger partial charge in [0.25, 0.3) is 5.91 Å². The van der Waals surface area contributed by atoms with E-state index >= 15 is 0 Å². The lowest BCUT2D eigenvalue weighted by Crippen LogP contribution is -2.21. The third-order valence-electron chi connectivity index (χ3n) is 3.54. The fraction of sp³-hybridized carbons (Fsp3) is 0.188. The standard InChI is InChI=1S/C16H10F6N4OS/c1-8-6-23-14(28-8)25-13(27)11-7-24-26(12(11)16(20,21)22)10-4-2-3-9(5-10)15(17,18)19/h2-7H,1H3,(H,23,25,27). The molecule has 0 atom stereocenters. The van der Waals surface area contributed by atoms with Crippen molar-refractivity contribution in [3.63, 3.8) is 0 Å². The maximum Gasteiger partial charge on any atom is 0.434 e. The number of nitrogens with one attached hydrogen (secondary N) is 1. The molecule has 1 N–H and O–H groups in total. The van der Waals surface area contributed by atoms with Crippen LogP contribution in [0.15, 0.2) is 36.7 Å². The summed E-state index contributed by atoms with van der Waals surface area (Å²) in [5.41, 5.74) is -3.94. The first-order valence-electron chi connectivity index (χ1n) is 7.53. The second-order valence-electron chi connectivity index (χ2n) is 5.59. The highest BCUT2D eigenvalue weighted by molar-refractivity contribution is 7.15. The number of alkyl halides is 6. The van der Waals surface area contributed by atoms with E-state index < -0.39 is 40.8 Å². The summed E-state index contributed by atoms with van der Waals surface area (Å²) in [5.74, 6) is -1.13. The van der Waals surface area contributed by atoms with Gasteiger partial charge in [-0.2, -0.15) is 31.4 Å². The van der Waals surface area contributed by atoms with Gasteiger partial charge in [0, 0.05) is 11.1 Å². The number of aryl methyl sites for hydroxylation is 1. The van der Waals surface area contributed by atoms with Crippen LogP contribution in [-0.2, 0) is 12.4 Å². The molecule has 0 saturated carbocycles. The van der Waals surface area contributed by atoms with Gasteiger partial charge in [-0.1, -0.05) is 6.07 Å². The molecular weight excluding hydrogens is 410 g/mol. The maximum absolute atomic E-state index is 13.6. The molecule has 2 aromatic heterocycles. The smallest absolute Gasteiger partial charge is 0.298 e. The van der Waals surface area contributed by atoms with E-state index in [9.17, 15) is 31.1 Å². The van der Waals surface area contributed by atoms with E-state index in [0.29, 0.717) is 12.3 Å². The van der Waals surface area contributed by atoms with E-state index in [1.165, 1.54) is 6.20 Å². The average molecular weight is 420 g/mol. The van der Waals surface area contributed by atoms with Gasteiger partial charge < -0.3 is 0 Å². The minimum atomic E-state index is -5.05. The van der Waals surface area contributed by atoms with Crippen LogP contribution in [0.2, 0.25) is 0 Å². The van der Waals surface area contributed by atoms with Crippen LogP contribution in [0.4, 0.5) is 31.5 Å². The quantitative estimate of drug-likeness (QED) is 0.612. The normalized spacial score (nSPS) is 12.2. The molecule has 5 nitrogen and oxygen atoms in total. The van der Waals surface area contributed by atoms with Gasteiger partial charge in [0.05, 0.1) is 23.0 Å². The van der Waals surface area contributed by atoms with Crippen molar-refractivity contribution in [3.05, 3.63) is 58.4 Å². The summed E-state index contributed by atoms with van der Waals surface area (Å²) in [6.45, 7) is 1.69. The molecule has 3 rings (SSSR count). The summed E-state index contributed by atoms with van der Waals surface area (Å²) in [4.78, 5) is 16.8. The first-order chi connectivity index (χ1) is 13.0. The number of rotatable bonds is 3. The molecule has 0 saturated heterocycles. The van der Waals surface area contributed by atoms with Gasteiger partial charge in [-0.15, -0.1) is 11.3 Å². The van der Waals surface area contributed by atoms with Crippen molar-refractivity contribution in [2.75, 3.05) is 5.32 Å². The molecule has 2 heterocycles. The van der Waals surface area contributed by atoms with Crippen LogP contribution in [0.5, 0.6) is 0 Å². The minimum Gasteiger partial charge on any atom is -0.298 e. The summed E-state index contributed by atoms with van der Waals surface area (Å²) >= 11 is 1.06. The third kappa shape index (κ3) is 4.01. The molecule has 0 fully saturated rings. The summed E-state index contributed by atoms with van der Waals surface area (Å²) in [7, 11) is 0. The average Bonchev–Trinajstić information content (AvgIpc) is 3.20. The van der Waals surface area contributed by atoms with Crippen molar-refractivity contribution in [3.8, 4) is 5.69 Å². The van der Waals surface area contributed by atoms with Gasteiger partial charge in [0.2, 0.25) is 0 Å². The third-order valence-corrected chi connectivity index (χ3v) is 4.37. The van der Waals surface area contributed by atoms with Gasteiger partial charge in [0.1, 0.15) is 0 Å². The lowest BCUT2D eigenvalue weighted by atomic mass is 10.1. The number of aromatic nitrogens is 3. The first kappa shape index (κ1) is 19.9. The van der Waals surface area contributed by atoms with E-state index in [1.807, 2.05) is 0 Å². The number of hydrogen-bond donors (Lipinski definition) is 1. The number of halogens is 6. The fourth-order valence-electron chi connectivity index (χ4n) is 2.37. The van der Waals surface area contributed by atoms with Crippen LogP contribution in [-0.4, -0.2) is 20.7 Å². The zero-order valence-corrected chi connectivity index (χ0v) is 14.7. The Balaban J connectivity index is 2.06. The van der Waals surface area contributed by atoms with Gasteiger partial charge in [0.15, 0.2) is 10.8 Å². The Morgan fingerprint density at radius 1 is 1.11 bits per heavy atom. The number of carbonyl (C=O) groups excluding carboxylic acids is 1. The number of benzene rings is 1. The van der Waals surface area contributed by atoms with Crippen molar-refractivity contribution >= 4 is 22.4 Å². The molecule has 0 bridgehead atoms. The van der Waals surface area contributed by atoms with E-state index in [0.717, 1.165) is 34.4 Å². The highest BCUT2D eigenvalue weighted by Gasteiger charge is 2.41. The molecular formula is C16H10F6N4OS. The van der Waals surface area contributed by atoms with E-state index in [-0.39, 0.29) is 9.81 Å². The van der Waals surface area contributed by atoms with Crippen LogP contribution in [0.3, 0.4) is 0 Å². The number of hydrogen-bond acceptors (Lipinski definition) is 4. The van der Waals surface area contributed by atoms with Crippen molar-refractivity contribution in [2.24, 2.45) is 0 Å². The largest absolute Gasteiger partial charge is 0.434 e. The van der Waals surface area contributed by atoms with Crippen molar-refractivity contribution < 1.29 is 31.1 Å². The SMILES string of the molecule is Cc1cnc(NC(=O)c2cnn(-c3cccc(C(F)(F)F)c3)c2C(F)(F)F)s1. The molecule has 1 amide bonds. The number of nitrogens with zero attached hydrogens (tertiary/aromatic N) is 3. The molecule has 148 valence electrons. The van der Waals surface area contributed by atoms with Gasteiger partial charge in [-0.05, 0) is 25.1 Å². The van der Waals surface area contributed by atoms with Crippen LogP contribution in [0.25, 0.3) is 5.69 Å². The zero-order chi connectivity index (χ0) is 20.7. The van der Waals surface area contributed by atoms with Gasteiger partial charge in [-0.3, -0.25) is 10.1 Å². The summed E-state index contributed by atoms with van der Waals surface area (Å²) in [6, 6.07) is 3.23. The van der Waals surface area contributed by atoms with Crippen LogP contribution in [0, 0.1) is 6.92 Å². The molecule has 0 radical (unpaired) electrons. The number of anilines is 1. The van der Waals surface area contributed by atoms with E-state index in [1.54, 1.807) is 6.92 Å². The molecule has 0 spiro atoms. The molecule has 0 aliphatic heterocycles. The van der Waals surface area contributed by atoms with E-state index in [4.69, 9.17) is 0 Å². The second kappa shape index (κ2) is 6.93. The Bertz CT molecular complexity index is 1020. The molecule has 3 aromatic rings. The molecule has 28 heavy (non-hydrogen) atoms. The van der Waals surface area contributed by atoms with Gasteiger partial charge >= 0.3 is 12.4 Å². The predicted molar refractivity (Wildman–Crippen MR) is 88.4 cm³/mol. The lowest BCUT2D eigenvalue weighted by Gasteiger charge is -2.14. The molecule has 1 aromatic carbocycles. The highest BCUT2D eigenvalue weighted by Crippen LogP contribution is 2.36. The topological polar surface area (TPSA) is 59.8 Å². The number of thiazole rings is 1. The number of amides is 1. The highest BCUT2D eigenvalue weighted by atomic mass is 32.1. The molecule has 0 unspecified atom stereocenters. The predicted octanol–water partition coefficient (Wildman–Crippen LogP) is 4.93. The Kier molecular flexibility index (Phi) is 4.91. The minimum absolute atomic E-state index is 0.0856. The summed E-state index contributed by atoms with van der Waals surface area (Å²) in [6.07, 6.45) is -7.71. The van der Waals surface area contributed by atoms with Crippen molar-refractivity contribution in [1.29, 1.82) is 0 Å². The summed E-state index contributed by atoms with van der Waals surface area (Å²) < 4.78 is 79.7. The Morgan fingerprint density at radius 3 is 2.39 bits per heavy atom. The fourth-order valence-corrected chi connectivity index (χ4v) is 3.03. The Labute approximate surface area is 157 Å². The maximum atomic E-state index is 13.6. The van der Waals surface area contributed by atoms with Gasteiger partial charge in [-0.25, -0.2) is 9.67 Å². The van der Waals surface area contributed by atoms with Crippen molar-refractivity contribution in [1.82, 2.24) is 14.8 Å². The molecule has 0 aliphatic rings. The second-order valence-corrected chi connectivity index (χ2v) is 6.83. The zero-order valence-electron chi connectivity index (χ0n) is 13.9. The number of carbonyl (C=O) groups is 1. The Morgan fingerprint density at radius 2 is 1.82 bits per heavy atom. The van der Waals surface area contributed by atoms with Crippen LogP contribution in [0.1, 0.15) is 26.5 Å².